The number of carbonyl (C=O) groups is 2. The number of hydrogen-bond donors (Lipinski definition) is 2. The standard InChI is InChI=1S/C19H19N3O6S/c23-18-12-28-17-6-3-14(11-16(17)21-18)20-19(24)13-1-4-15(5-2-13)29(25,26)22-7-9-27-10-8-22/h1-6,11H,7-10,12H2,(H,20,24)(H,21,23). The number of hydrogen-bond acceptors (Lipinski definition) is 6. The monoisotopic (exact) mass is 417 g/mol. The first kappa shape index (κ1) is 19.4. The lowest BCUT2D eigenvalue weighted by Gasteiger charge is -2.26. The number of carbonyl (C=O) groups excluding carboxylic acids is 2. The SMILES string of the molecule is O=C1COc2ccc(NC(=O)c3ccc(S(=O)(=O)N4CCOCC4)cc3)cc2N1. The van der Waals surface area contributed by atoms with E-state index in [0.717, 1.165) is 0 Å². The van der Waals surface area contributed by atoms with E-state index in [-0.39, 0.29) is 17.4 Å². The average Bonchev–Trinajstić information content (AvgIpc) is 2.74. The van der Waals surface area contributed by atoms with Crippen molar-refractivity contribution in [1.82, 2.24) is 4.31 Å². The first-order valence-corrected chi connectivity index (χ1v) is 10.4. The Hall–Kier alpha value is -2.95. The van der Waals surface area contributed by atoms with Crippen LogP contribution in [-0.2, 0) is 19.6 Å². The molecule has 0 atom stereocenters. The molecule has 2 aromatic carbocycles. The third-order valence-electron chi connectivity index (χ3n) is 4.59. The summed E-state index contributed by atoms with van der Waals surface area (Å²) in [5.74, 6) is -0.137. The number of benzene rings is 2. The summed E-state index contributed by atoms with van der Waals surface area (Å²) in [6, 6.07) is 10.7. The molecule has 0 radical (unpaired) electrons. The van der Waals surface area contributed by atoms with E-state index in [1.165, 1.54) is 28.6 Å². The molecular weight excluding hydrogens is 398 g/mol. The van der Waals surface area contributed by atoms with Gasteiger partial charge in [-0.1, -0.05) is 0 Å². The largest absolute Gasteiger partial charge is 0.482 e. The Labute approximate surface area is 167 Å². The van der Waals surface area contributed by atoms with Crippen LogP contribution in [0.2, 0.25) is 0 Å². The number of anilines is 2. The topological polar surface area (TPSA) is 114 Å². The number of rotatable bonds is 4. The van der Waals surface area contributed by atoms with Crippen molar-refractivity contribution >= 4 is 33.2 Å². The van der Waals surface area contributed by atoms with E-state index in [0.29, 0.717) is 49.0 Å². The minimum absolute atomic E-state index is 0.0432. The van der Waals surface area contributed by atoms with Gasteiger partial charge in [0.05, 0.1) is 23.8 Å². The zero-order valence-electron chi connectivity index (χ0n) is 15.4. The number of nitrogens with one attached hydrogen (secondary N) is 2. The highest BCUT2D eigenvalue weighted by atomic mass is 32.2. The minimum Gasteiger partial charge on any atom is -0.482 e. The van der Waals surface area contributed by atoms with E-state index < -0.39 is 15.9 Å². The molecule has 1 fully saturated rings. The smallest absolute Gasteiger partial charge is 0.262 e. The van der Waals surface area contributed by atoms with E-state index in [2.05, 4.69) is 10.6 Å². The van der Waals surface area contributed by atoms with Gasteiger partial charge in [-0.2, -0.15) is 4.31 Å². The van der Waals surface area contributed by atoms with Crippen molar-refractivity contribution in [3.8, 4) is 5.75 Å². The maximum atomic E-state index is 12.6. The third-order valence-corrected chi connectivity index (χ3v) is 6.51. The number of amides is 2. The van der Waals surface area contributed by atoms with Crippen LogP contribution in [-0.4, -0.2) is 57.4 Å². The number of fused-ring (bicyclic) bond motifs is 1. The van der Waals surface area contributed by atoms with Gasteiger partial charge in [0.15, 0.2) is 6.61 Å². The van der Waals surface area contributed by atoms with Crippen LogP contribution in [0.1, 0.15) is 10.4 Å². The molecule has 9 nitrogen and oxygen atoms in total. The molecule has 2 N–H and O–H groups in total. The van der Waals surface area contributed by atoms with Crippen LogP contribution in [0.3, 0.4) is 0 Å². The lowest BCUT2D eigenvalue weighted by Crippen LogP contribution is -2.40. The Morgan fingerprint density at radius 2 is 1.79 bits per heavy atom. The second kappa shape index (κ2) is 7.82. The number of nitrogens with zero attached hydrogens (tertiary/aromatic N) is 1. The quantitative estimate of drug-likeness (QED) is 0.775. The van der Waals surface area contributed by atoms with Crippen molar-refractivity contribution in [1.29, 1.82) is 0 Å². The second-order valence-electron chi connectivity index (χ2n) is 6.54. The first-order chi connectivity index (χ1) is 13.9. The van der Waals surface area contributed by atoms with Gasteiger partial charge < -0.3 is 20.1 Å². The van der Waals surface area contributed by atoms with Gasteiger partial charge >= 0.3 is 0 Å². The Morgan fingerprint density at radius 1 is 1.07 bits per heavy atom. The molecule has 0 saturated carbocycles. The molecule has 0 spiro atoms. The zero-order chi connectivity index (χ0) is 20.4. The van der Waals surface area contributed by atoms with Crippen LogP contribution in [0.25, 0.3) is 0 Å². The van der Waals surface area contributed by atoms with Gasteiger partial charge in [-0.3, -0.25) is 9.59 Å². The maximum Gasteiger partial charge on any atom is 0.262 e. The molecule has 2 aliphatic heterocycles. The molecule has 2 heterocycles. The minimum atomic E-state index is -3.61. The van der Waals surface area contributed by atoms with Gasteiger partial charge in [0, 0.05) is 24.3 Å². The first-order valence-electron chi connectivity index (χ1n) is 8.99. The van der Waals surface area contributed by atoms with Gasteiger partial charge in [0.2, 0.25) is 10.0 Å². The van der Waals surface area contributed by atoms with Gasteiger partial charge in [-0.15, -0.1) is 0 Å². The Bertz CT molecular complexity index is 1050. The fourth-order valence-corrected chi connectivity index (χ4v) is 4.49. The maximum absolute atomic E-state index is 12.6. The number of sulfonamides is 1. The summed E-state index contributed by atoms with van der Waals surface area (Å²) in [4.78, 5) is 24.1. The van der Waals surface area contributed by atoms with E-state index in [9.17, 15) is 18.0 Å². The van der Waals surface area contributed by atoms with Crippen LogP contribution in [0.5, 0.6) is 5.75 Å². The van der Waals surface area contributed by atoms with Crippen molar-refractivity contribution in [2.45, 2.75) is 4.90 Å². The summed E-state index contributed by atoms with van der Waals surface area (Å²) >= 11 is 0. The third kappa shape index (κ3) is 4.09. The summed E-state index contributed by atoms with van der Waals surface area (Å²) < 4.78 is 37.1. The summed E-state index contributed by atoms with van der Waals surface area (Å²) in [5, 5.41) is 5.40. The summed E-state index contributed by atoms with van der Waals surface area (Å²) in [5.41, 5.74) is 1.26. The predicted octanol–water partition coefficient (Wildman–Crippen LogP) is 1.29. The normalized spacial score (nSPS) is 17.0. The fraction of sp³-hybridized carbons (Fsp3) is 0.263. The summed E-state index contributed by atoms with van der Waals surface area (Å²) in [7, 11) is -3.61. The molecule has 0 bridgehead atoms. The van der Waals surface area contributed by atoms with Crippen molar-refractivity contribution < 1.29 is 27.5 Å². The zero-order valence-corrected chi connectivity index (χ0v) is 16.2. The molecule has 2 aliphatic rings. The van der Waals surface area contributed by atoms with Crippen LogP contribution in [0.4, 0.5) is 11.4 Å². The number of morpholine rings is 1. The van der Waals surface area contributed by atoms with Crippen molar-refractivity contribution in [3.05, 3.63) is 48.0 Å². The molecule has 10 heteroatoms. The van der Waals surface area contributed by atoms with E-state index >= 15 is 0 Å². The molecule has 0 unspecified atom stereocenters. The molecule has 29 heavy (non-hydrogen) atoms. The van der Waals surface area contributed by atoms with Gasteiger partial charge in [0.1, 0.15) is 5.75 Å². The fourth-order valence-electron chi connectivity index (χ4n) is 3.08. The molecule has 152 valence electrons. The highest BCUT2D eigenvalue weighted by Crippen LogP contribution is 2.30. The summed E-state index contributed by atoms with van der Waals surface area (Å²) in [6.45, 7) is 1.31. The molecule has 0 aromatic heterocycles. The highest BCUT2D eigenvalue weighted by molar-refractivity contribution is 7.89. The molecule has 2 amide bonds. The summed E-state index contributed by atoms with van der Waals surface area (Å²) in [6.07, 6.45) is 0. The predicted molar refractivity (Wildman–Crippen MR) is 105 cm³/mol. The molecule has 1 saturated heterocycles. The van der Waals surface area contributed by atoms with Crippen LogP contribution in [0, 0.1) is 0 Å². The highest BCUT2D eigenvalue weighted by Gasteiger charge is 2.26. The van der Waals surface area contributed by atoms with E-state index in [1.807, 2.05) is 0 Å². The Kier molecular flexibility index (Phi) is 5.22. The van der Waals surface area contributed by atoms with Crippen molar-refractivity contribution in [2.75, 3.05) is 43.5 Å². The van der Waals surface area contributed by atoms with Gasteiger partial charge in [0.25, 0.3) is 11.8 Å². The van der Waals surface area contributed by atoms with E-state index in [4.69, 9.17) is 9.47 Å². The van der Waals surface area contributed by atoms with Crippen LogP contribution in [0.15, 0.2) is 47.4 Å². The van der Waals surface area contributed by atoms with Crippen molar-refractivity contribution in [3.63, 3.8) is 0 Å². The van der Waals surface area contributed by atoms with Crippen LogP contribution < -0.4 is 15.4 Å². The van der Waals surface area contributed by atoms with Crippen molar-refractivity contribution in [2.24, 2.45) is 0 Å². The molecule has 4 rings (SSSR count). The lowest BCUT2D eigenvalue weighted by atomic mass is 10.2. The molecule has 0 aliphatic carbocycles. The lowest BCUT2D eigenvalue weighted by molar-refractivity contribution is -0.118. The van der Waals surface area contributed by atoms with Gasteiger partial charge in [-0.05, 0) is 42.5 Å². The molecule has 2 aromatic rings. The average molecular weight is 417 g/mol. The Balaban J connectivity index is 1.47. The van der Waals surface area contributed by atoms with Gasteiger partial charge in [-0.25, -0.2) is 8.42 Å². The van der Waals surface area contributed by atoms with Crippen LogP contribution >= 0.6 is 0 Å². The molecular formula is C19H19N3O6S. The Morgan fingerprint density at radius 3 is 2.52 bits per heavy atom. The number of ether oxygens (including phenoxy) is 2. The second-order valence-corrected chi connectivity index (χ2v) is 8.48. The van der Waals surface area contributed by atoms with E-state index in [1.54, 1.807) is 18.2 Å².